The van der Waals surface area contributed by atoms with Gasteiger partial charge in [-0.3, -0.25) is 27.0 Å². The molecule has 0 atom stereocenters. The van der Waals surface area contributed by atoms with Crippen LogP contribution in [-0.2, 0) is 20.0 Å². The molecule has 0 aliphatic rings. The summed E-state index contributed by atoms with van der Waals surface area (Å²) >= 11 is 0. The number of halogens is 3. The lowest BCUT2D eigenvalue weighted by Gasteiger charge is -2.20. The van der Waals surface area contributed by atoms with Gasteiger partial charge >= 0.3 is 0 Å². The lowest BCUT2D eigenvalue weighted by atomic mass is 10.0. The molecule has 0 spiro atoms. The molecule has 0 saturated heterocycles. The van der Waals surface area contributed by atoms with E-state index in [2.05, 4.69) is 35.7 Å². The van der Waals surface area contributed by atoms with Crippen LogP contribution in [0.25, 0.3) is 117 Å². The molecule has 14 aromatic rings. The predicted molar refractivity (Wildman–Crippen MR) is 322 cm³/mol. The molecule has 0 fully saturated rings. The topological polar surface area (TPSA) is 263 Å². The van der Waals surface area contributed by atoms with Gasteiger partial charge in [0.1, 0.15) is 70.2 Å². The van der Waals surface area contributed by atoms with Crippen LogP contribution in [0.15, 0.2) is 143 Å². The van der Waals surface area contributed by atoms with Gasteiger partial charge in [0.2, 0.25) is 31.6 Å². The number of sulfonamides is 2. The van der Waals surface area contributed by atoms with Gasteiger partial charge in [0, 0.05) is 67.1 Å². The number of nitrogens with zero attached hydrogens (tertiary/aromatic N) is 12. The maximum absolute atomic E-state index is 14.7. The van der Waals surface area contributed by atoms with Gasteiger partial charge in [-0.1, -0.05) is 12.1 Å². The summed E-state index contributed by atoms with van der Waals surface area (Å²) < 4.78 is 113. The zero-order valence-corrected chi connectivity index (χ0v) is 48.4. The van der Waals surface area contributed by atoms with Gasteiger partial charge in [0.15, 0.2) is 5.82 Å². The summed E-state index contributed by atoms with van der Waals surface area (Å²) in [4.78, 5) is 53.8. The molecule has 0 aliphatic heterocycles. The summed E-state index contributed by atoms with van der Waals surface area (Å²) in [5, 5.41) is 11.1. The maximum Gasteiger partial charge on any atom is 0.257 e. The third-order valence-corrected chi connectivity index (χ3v) is 17.3. The number of anilines is 2. The third kappa shape index (κ3) is 9.30. The van der Waals surface area contributed by atoms with E-state index in [1.807, 2.05) is 0 Å². The van der Waals surface area contributed by atoms with E-state index in [4.69, 9.17) is 18.8 Å². The Morgan fingerprint density at radius 1 is 0.575 bits per heavy atom. The normalized spacial score (nSPS) is 12.1. The molecule has 0 aliphatic carbocycles. The second kappa shape index (κ2) is 20.5. The molecule has 0 saturated carbocycles. The molecule has 2 N–H and O–H groups in total. The van der Waals surface area contributed by atoms with Crippen molar-refractivity contribution in [2.24, 2.45) is 0 Å². The number of fused-ring (bicyclic) bond motifs is 12. The highest BCUT2D eigenvalue weighted by Crippen LogP contribution is 2.42. The second-order valence-electron chi connectivity index (χ2n) is 20.3. The van der Waals surface area contributed by atoms with Crippen molar-refractivity contribution in [3.8, 4) is 39.7 Å². The Bertz CT molecular complexity index is 5490. The molecular formula is C60H45F3N14O8S2. The van der Waals surface area contributed by atoms with Crippen molar-refractivity contribution < 1.29 is 48.4 Å². The van der Waals surface area contributed by atoms with Gasteiger partial charge in [-0.15, -0.1) is 5.10 Å². The molecule has 0 unspecified atom stereocenters. The number of furan rings is 2. The third-order valence-electron chi connectivity index (χ3n) is 15.0. The fourth-order valence-corrected chi connectivity index (χ4v) is 11.5. The van der Waals surface area contributed by atoms with Gasteiger partial charge in [-0.25, -0.2) is 54.9 Å². The van der Waals surface area contributed by atoms with Gasteiger partial charge in [0.25, 0.3) is 11.8 Å². The summed E-state index contributed by atoms with van der Waals surface area (Å²) in [7, 11) is -1.81. The number of hydrogen-bond donors (Lipinski definition) is 2. The van der Waals surface area contributed by atoms with Gasteiger partial charge < -0.3 is 19.5 Å². The quantitative estimate of drug-likeness (QED) is 0.129. The van der Waals surface area contributed by atoms with Gasteiger partial charge in [-0.05, 0) is 104 Å². The Morgan fingerprint density at radius 2 is 1.13 bits per heavy atom. The minimum absolute atomic E-state index is 0.00112. The summed E-state index contributed by atoms with van der Waals surface area (Å²) in [6.45, 7) is 1.70. The van der Waals surface area contributed by atoms with E-state index in [1.54, 1.807) is 107 Å². The smallest absolute Gasteiger partial charge is 0.257 e. The van der Waals surface area contributed by atoms with Crippen LogP contribution in [0.3, 0.4) is 0 Å². The van der Waals surface area contributed by atoms with Crippen LogP contribution in [0, 0.1) is 24.4 Å². The molecule has 0 radical (unpaired) electrons. The fourth-order valence-electron chi connectivity index (χ4n) is 10.5. The first-order valence-electron chi connectivity index (χ1n) is 26.4. The SMILES string of the molecule is CNC(=O)c1c(-c2ccc(F)cc2)oc2nc(N(C)S(C)(=O)=O)c(-c3ccc4ncn5c6cccc(F)c6cc5c4n3)cc12.CNC(=O)c1c(-n2cnc(C)n2)oc2cc(N(C)S(C)(=O)=O)c(-c3ccc4ncn5c6cccc(F)c6cc5c4n3)cc12. The molecule has 27 heteroatoms. The molecule has 0 bridgehead atoms. The van der Waals surface area contributed by atoms with E-state index < -0.39 is 37.7 Å². The van der Waals surface area contributed by atoms with Crippen molar-refractivity contribution in [1.29, 1.82) is 0 Å². The first-order chi connectivity index (χ1) is 41.6. The highest BCUT2D eigenvalue weighted by Gasteiger charge is 2.30. The highest BCUT2D eigenvalue weighted by atomic mass is 32.2. The highest BCUT2D eigenvalue weighted by molar-refractivity contribution is 7.92. The molecule has 10 heterocycles. The molecule has 2 amide bonds. The number of carbonyl (C=O) groups is 2. The average Bonchev–Trinajstić information content (AvgIpc) is 1.88. The van der Waals surface area contributed by atoms with E-state index in [9.17, 15) is 39.6 Å². The molecule has 14 rings (SSSR count). The number of benzene rings is 4. The Kier molecular flexibility index (Phi) is 13.0. The van der Waals surface area contributed by atoms with Gasteiger partial charge in [0.05, 0.1) is 73.6 Å². The van der Waals surface area contributed by atoms with Crippen molar-refractivity contribution in [3.05, 3.63) is 169 Å². The maximum atomic E-state index is 14.7. The van der Waals surface area contributed by atoms with E-state index in [0.29, 0.717) is 88.6 Å². The Labute approximate surface area is 490 Å². The summed E-state index contributed by atoms with van der Waals surface area (Å²) in [5.74, 6) is -1.41. The minimum atomic E-state index is -3.81. The molecule has 436 valence electrons. The first-order valence-corrected chi connectivity index (χ1v) is 30.0. The van der Waals surface area contributed by atoms with Crippen molar-refractivity contribution in [2.45, 2.75) is 6.92 Å². The lowest BCUT2D eigenvalue weighted by molar-refractivity contribution is 0.0956. The van der Waals surface area contributed by atoms with E-state index in [-0.39, 0.29) is 68.2 Å². The minimum Gasteiger partial charge on any atom is -0.437 e. The van der Waals surface area contributed by atoms with Crippen LogP contribution in [-0.4, -0.2) is 118 Å². The zero-order chi connectivity index (χ0) is 61.1. The molecule has 22 nitrogen and oxygen atoms in total. The number of hydrogen-bond acceptors (Lipinski definition) is 15. The van der Waals surface area contributed by atoms with E-state index >= 15 is 0 Å². The number of carbonyl (C=O) groups excluding carboxylic acids is 2. The van der Waals surface area contributed by atoms with E-state index in [0.717, 1.165) is 21.1 Å². The molecule has 10 aromatic heterocycles. The molecule has 87 heavy (non-hydrogen) atoms. The van der Waals surface area contributed by atoms with Crippen LogP contribution < -0.4 is 19.2 Å². The van der Waals surface area contributed by atoms with Crippen molar-refractivity contribution in [2.75, 3.05) is 49.3 Å². The Balaban J connectivity index is 0.000000161. The van der Waals surface area contributed by atoms with E-state index in [1.165, 1.54) is 75.6 Å². The Morgan fingerprint density at radius 3 is 1.67 bits per heavy atom. The van der Waals surface area contributed by atoms with Crippen LogP contribution in [0.5, 0.6) is 0 Å². The number of aryl methyl sites for hydroxylation is 1. The largest absolute Gasteiger partial charge is 0.437 e. The lowest BCUT2D eigenvalue weighted by Crippen LogP contribution is -2.26. The van der Waals surface area contributed by atoms with Gasteiger partial charge in [-0.2, -0.15) is 9.67 Å². The summed E-state index contributed by atoms with van der Waals surface area (Å²) in [6.07, 6.45) is 6.76. The molecule has 4 aromatic carbocycles. The monoisotopic (exact) mass is 1210 g/mol. The summed E-state index contributed by atoms with van der Waals surface area (Å²) in [5.41, 5.74) is 7.21. The fraction of sp³-hybridized carbons (Fsp3) is 0.117. The Hall–Kier alpha value is -10.8. The van der Waals surface area contributed by atoms with Crippen LogP contribution in [0.4, 0.5) is 24.7 Å². The van der Waals surface area contributed by atoms with Crippen molar-refractivity contribution in [3.63, 3.8) is 0 Å². The van der Waals surface area contributed by atoms with Crippen molar-refractivity contribution in [1.82, 2.24) is 59.1 Å². The first kappa shape index (κ1) is 55.4. The number of pyridine rings is 3. The number of rotatable bonds is 10. The van der Waals surface area contributed by atoms with Crippen LogP contribution >= 0.6 is 0 Å². The standard InChI is InChI=1S/C31H22F2N6O4S.C29H23FN8O4S/c1-34-30(40)26-20-13-19(29(38(2)44(3,41)42)37-31(20)43-28(26)16-7-9-17(32)10-8-16)22-11-12-23-27(36-22)25-14-18-21(33)5-4-6-24(18)39(25)15-35-23;1-15-32-14-38(35-15)29-26(28(39)31-2)18-10-17(23(12-25(18)42-29)36(3)43(4,40)41)20-8-9-21-27(34-20)24-11-16-19(30)6-5-7-22(16)37(24)13-33-21/h4-15H,1-3H3,(H,34,40);5-14H,1-4H3,(H,31,39). The van der Waals surface area contributed by atoms with Crippen molar-refractivity contribution >= 4 is 120 Å². The molecular weight excluding hydrogens is 1170 g/mol. The average molecular weight is 1210 g/mol. The van der Waals surface area contributed by atoms with Crippen LogP contribution in [0.1, 0.15) is 26.5 Å². The zero-order valence-electron chi connectivity index (χ0n) is 46.8. The van der Waals surface area contributed by atoms with Crippen LogP contribution in [0.2, 0.25) is 0 Å². The number of amides is 2. The summed E-state index contributed by atoms with van der Waals surface area (Å²) in [6, 6.07) is 30.1. The number of aromatic nitrogens is 10. The second-order valence-corrected chi connectivity index (χ2v) is 24.3. The predicted octanol–water partition coefficient (Wildman–Crippen LogP) is 9.78. The number of nitrogens with one attached hydrogen (secondary N) is 2.